The van der Waals surface area contributed by atoms with Crippen molar-refractivity contribution in [3.8, 4) is 11.1 Å². The van der Waals surface area contributed by atoms with Crippen molar-refractivity contribution in [2.75, 3.05) is 0 Å². The lowest BCUT2D eigenvalue weighted by Gasteiger charge is -2.00. The standard InChI is InChI=1S/C11H11BrN4/c1-16-7-9(6-15-16)8-2-3-11(14-5-8)10(12)4-13/h2-7H,13H2,1H3. The zero-order valence-corrected chi connectivity index (χ0v) is 10.3. The summed E-state index contributed by atoms with van der Waals surface area (Å²) in [6.07, 6.45) is 7.04. The van der Waals surface area contributed by atoms with Crippen molar-refractivity contribution < 1.29 is 0 Å². The molecule has 0 unspecified atom stereocenters. The van der Waals surface area contributed by atoms with E-state index >= 15 is 0 Å². The molecule has 0 atom stereocenters. The van der Waals surface area contributed by atoms with Gasteiger partial charge in [-0.3, -0.25) is 9.67 Å². The normalized spacial score (nSPS) is 11.8. The van der Waals surface area contributed by atoms with E-state index in [1.165, 1.54) is 6.20 Å². The zero-order valence-electron chi connectivity index (χ0n) is 8.76. The van der Waals surface area contributed by atoms with Gasteiger partial charge < -0.3 is 5.73 Å². The van der Waals surface area contributed by atoms with E-state index in [0.29, 0.717) is 0 Å². The molecule has 0 radical (unpaired) electrons. The maximum Gasteiger partial charge on any atom is 0.0786 e. The number of aryl methyl sites for hydroxylation is 1. The molecule has 4 nitrogen and oxygen atoms in total. The minimum Gasteiger partial charge on any atom is -0.404 e. The summed E-state index contributed by atoms with van der Waals surface area (Å²) in [7, 11) is 1.89. The highest BCUT2D eigenvalue weighted by Gasteiger charge is 2.02. The largest absolute Gasteiger partial charge is 0.404 e. The molecule has 2 heterocycles. The van der Waals surface area contributed by atoms with Gasteiger partial charge >= 0.3 is 0 Å². The second kappa shape index (κ2) is 4.49. The summed E-state index contributed by atoms with van der Waals surface area (Å²) in [6.45, 7) is 0. The molecule has 0 aromatic carbocycles. The number of hydrogen-bond acceptors (Lipinski definition) is 3. The molecule has 2 aromatic heterocycles. The summed E-state index contributed by atoms with van der Waals surface area (Å²) in [5.41, 5.74) is 8.30. The predicted molar refractivity (Wildman–Crippen MR) is 67.5 cm³/mol. The van der Waals surface area contributed by atoms with Gasteiger partial charge in [0.05, 0.1) is 16.4 Å². The van der Waals surface area contributed by atoms with Crippen LogP contribution in [0.5, 0.6) is 0 Å². The third-order valence-electron chi connectivity index (χ3n) is 2.19. The molecule has 5 heteroatoms. The molecule has 0 aliphatic heterocycles. The third kappa shape index (κ3) is 2.14. The first kappa shape index (κ1) is 10.9. The second-order valence-electron chi connectivity index (χ2n) is 3.35. The van der Waals surface area contributed by atoms with Crippen LogP contribution in [0.15, 0.2) is 36.9 Å². The molecule has 0 aliphatic carbocycles. The van der Waals surface area contributed by atoms with Crippen molar-refractivity contribution in [3.63, 3.8) is 0 Å². The Labute approximate surface area is 102 Å². The molecule has 0 fully saturated rings. The van der Waals surface area contributed by atoms with Gasteiger partial charge in [0.2, 0.25) is 0 Å². The zero-order chi connectivity index (χ0) is 11.5. The topological polar surface area (TPSA) is 56.7 Å². The molecular formula is C11H11BrN4. The Morgan fingerprint density at radius 1 is 1.38 bits per heavy atom. The molecule has 82 valence electrons. The van der Waals surface area contributed by atoms with Crippen LogP contribution < -0.4 is 5.73 Å². The number of aromatic nitrogens is 3. The number of nitrogens with two attached hydrogens (primary N) is 1. The van der Waals surface area contributed by atoms with E-state index in [1.807, 2.05) is 31.6 Å². The van der Waals surface area contributed by atoms with E-state index in [2.05, 4.69) is 26.0 Å². The van der Waals surface area contributed by atoms with E-state index in [1.54, 1.807) is 10.9 Å². The van der Waals surface area contributed by atoms with Crippen molar-refractivity contribution in [2.24, 2.45) is 12.8 Å². The van der Waals surface area contributed by atoms with Crippen LogP contribution in [0.4, 0.5) is 0 Å². The van der Waals surface area contributed by atoms with Gasteiger partial charge in [-0.1, -0.05) is 6.07 Å². The van der Waals surface area contributed by atoms with E-state index in [-0.39, 0.29) is 0 Å². The van der Waals surface area contributed by atoms with E-state index in [4.69, 9.17) is 5.73 Å². The third-order valence-corrected chi connectivity index (χ3v) is 2.86. The van der Waals surface area contributed by atoms with Crippen LogP contribution in [0.25, 0.3) is 15.6 Å². The smallest absolute Gasteiger partial charge is 0.0786 e. The quantitative estimate of drug-likeness (QED) is 0.916. The van der Waals surface area contributed by atoms with E-state index in [9.17, 15) is 0 Å². The minimum atomic E-state index is 0.783. The first-order chi connectivity index (χ1) is 7.70. The number of rotatable bonds is 2. The first-order valence-corrected chi connectivity index (χ1v) is 5.53. The van der Waals surface area contributed by atoms with Crippen molar-refractivity contribution in [1.82, 2.24) is 14.8 Å². The van der Waals surface area contributed by atoms with E-state index in [0.717, 1.165) is 21.3 Å². The van der Waals surface area contributed by atoms with Crippen LogP contribution in [0, 0.1) is 0 Å². The summed E-state index contributed by atoms with van der Waals surface area (Å²) < 4.78 is 2.55. The Hall–Kier alpha value is -1.62. The molecule has 0 aliphatic rings. The molecule has 0 amide bonds. The monoisotopic (exact) mass is 278 g/mol. The van der Waals surface area contributed by atoms with Gasteiger partial charge in [0.1, 0.15) is 0 Å². The first-order valence-electron chi connectivity index (χ1n) is 4.73. The maximum atomic E-state index is 5.39. The maximum absolute atomic E-state index is 5.39. The Kier molecular flexibility index (Phi) is 3.05. The molecular weight excluding hydrogens is 268 g/mol. The van der Waals surface area contributed by atoms with Gasteiger partial charge in [0.15, 0.2) is 0 Å². The van der Waals surface area contributed by atoms with Gasteiger partial charge in [-0.2, -0.15) is 5.10 Å². The van der Waals surface area contributed by atoms with Gasteiger partial charge in [-0.25, -0.2) is 0 Å². The lowest BCUT2D eigenvalue weighted by molar-refractivity contribution is 0.768. The molecule has 0 bridgehead atoms. The van der Waals surface area contributed by atoms with Crippen molar-refractivity contribution >= 4 is 20.4 Å². The van der Waals surface area contributed by atoms with Gasteiger partial charge in [-0.05, 0) is 22.0 Å². The highest BCUT2D eigenvalue weighted by molar-refractivity contribution is 9.15. The van der Waals surface area contributed by atoms with Gasteiger partial charge in [0.25, 0.3) is 0 Å². The molecule has 0 saturated carbocycles. The number of nitrogens with zero attached hydrogens (tertiary/aromatic N) is 3. The highest BCUT2D eigenvalue weighted by atomic mass is 79.9. The Morgan fingerprint density at radius 3 is 2.69 bits per heavy atom. The Morgan fingerprint density at radius 2 is 2.19 bits per heavy atom. The lowest BCUT2D eigenvalue weighted by Crippen LogP contribution is -1.88. The van der Waals surface area contributed by atoms with Crippen LogP contribution in [-0.4, -0.2) is 14.8 Å². The fraction of sp³-hybridized carbons (Fsp3) is 0.0909. The average molecular weight is 279 g/mol. The SMILES string of the molecule is Cn1cc(-c2ccc(C(Br)=CN)nc2)cn1. The summed E-state index contributed by atoms with van der Waals surface area (Å²) >= 11 is 3.33. The Bertz CT molecular complexity index is 513. The van der Waals surface area contributed by atoms with Crippen molar-refractivity contribution in [3.05, 3.63) is 42.6 Å². The molecule has 2 aromatic rings. The predicted octanol–water partition coefficient (Wildman–Crippen LogP) is 2.13. The fourth-order valence-electron chi connectivity index (χ4n) is 1.36. The summed E-state index contributed by atoms with van der Waals surface area (Å²) in [5, 5.41) is 4.11. The van der Waals surface area contributed by atoms with Crippen LogP contribution in [0.3, 0.4) is 0 Å². The lowest BCUT2D eigenvalue weighted by atomic mass is 10.1. The average Bonchev–Trinajstić information content (AvgIpc) is 2.75. The summed E-state index contributed by atoms with van der Waals surface area (Å²) in [4.78, 5) is 4.30. The van der Waals surface area contributed by atoms with Crippen molar-refractivity contribution in [2.45, 2.75) is 0 Å². The van der Waals surface area contributed by atoms with Crippen LogP contribution in [0.2, 0.25) is 0 Å². The molecule has 2 rings (SSSR count). The summed E-state index contributed by atoms with van der Waals surface area (Å²) in [6, 6.07) is 3.90. The van der Waals surface area contributed by atoms with Crippen LogP contribution in [-0.2, 0) is 7.05 Å². The van der Waals surface area contributed by atoms with Crippen LogP contribution in [0.1, 0.15) is 5.69 Å². The van der Waals surface area contributed by atoms with Crippen molar-refractivity contribution in [1.29, 1.82) is 0 Å². The number of pyridine rings is 1. The molecule has 16 heavy (non-hydrogen) atoms. The highest BCUT2D eigenvalue weighted by Crippen LogP contribution is 2.21. The summed E-state index contributed by atoms with van der Waals surface area (Å²) in [5.74, 6) is 0. The molecule has 2 N–H and O–H groups in total. The molecule has 0 spiro atoms. The number of halogens is 1. The van der Waals surface area contributed by atoms with Gasteiger partial charge in [-0.15, -0.1) is 0 Å². The molecule has 0 saturated heterocycles. The minimum absolute atomic E-state index is 0.783. The fourth-order valence-corrected chi connectivity index (χ4v) is 1.60. The number of hydrogen-bond donors (Lipinski definition) is 1. The van der Waals surface area contributed by atoms with Crippen LogP contribution >= 0.6 is 15.9 Å². The Balaban J connectivity index is 2.33. The van der Waals surface area contributed by atoms with Gasteiger partial charge in [0, 0.05) is 36.8 Å². The van der Waals surface area contributed by atoms with E-state index < -0.39 is 0 Å². The second-order valence-corrected chi connectivity index (χ2v) is 4.20.